The Morgan fingerprint density at radius 2 is 1.81 bits per heavy atom. The van der Waals surface area contributed by atoms with Gasteiger partial charge in [0.15, 0.2) is 3.95 Å². The summed E-state index contributed by atoms with van der Waals surface area (Å²) in [5, 5.41) is 1.14. The summed E-state index contributed by atoms with van der Waals surface area (Å²) in [5.41, 5.74) is 2.04. The second-order valence-corrected chi connectivity index (χ2v) is 9.74. The molecule has 4 aromatic rings. The molecule has 0 saturated carbocycles. The van der Waals surface area contributed by atoms with Gasteiger partial charge in [0.2, 0.25) is 5.91 Å². The van der Waals surface area contributed by atoms with E-state index in [0.29, 0.717) is 33.1 Å². The van der Waals surface area contributed by atoms with Crippen LogP contribution in [0.3, 0.4) is 0 Å². The molecule has 0 bridgehead atoms. The van der Waals surface area contributed by atoms with Crippen LogP contribution in [-0.4, -0.2) is 32.9 Å². The third kappa shape index (κ3) is 4.12. The Kier molecular flexibility index (Phi) is 6.79. The van der Waals surface area contributed by atoms with Gasteiger partial charge in [-0.2, -0.15) is 0 Å². The molecule has 166 valence electrons. The Morgan fingerprint density at radius 1 is 1.09 bits per heavy atom. The summed E-state index contributed by atoms with van der Waals surface area (Å²) < 4.78 is 4.10. The van der Waals surface area contributed by atoms with E-state index in [1.807, 2.05) is 65.6 Å². The van der Waals surface area contributed by atoms with Crippen LogP contribution in [0.15, 0.2) is 53.3 Å². The lowest BCUT2D eigenvalue weighted by molar-refractivity contribution is -0.131. The first-order valence-electron chi connectivity index (χ1n) is 10.7. The summed E-state index contributed by atoms with van der Waals surface area (Å²) in [4.78, 5) is 29.5. The summed E-state index contributed by atoms with van der Waals surface area (Å²) >= 11 is 13.4. The minimum absolute atomic E-state index is 0.0355. The van der Waals surface area contributed by atoms with Crippen molar-refractivity contribution < 1.29 is 4.79 Å². The van der Waals surface area contributed by atoms with Crippen molar-refractivity contribution in [2.24, 2.45) is 0 Å². The van der Waals surface area contributed by atoms with Gasteiger partial charge in [0, 0.05) is 18.1 Å². The second-order valence-electron chi connectivity index (χ2n) is 7.66. The second kappa shape index (κ2) is 9.57. The van der Waals surface area contributed by atoms with E-state index < -0.39 is 0 Å². The molecule has 2 heterocycles. The van der Waals surface area contributed by atoms with E-state index in [1.54, 1.807) is 10.6 Å². The summed E-state index contributed by atoms with van der Waals surface area (Å²) in [6.07, 6.45) is 1.73. The molecular weight excluding hydrogens is 462 g/mol. The number of halogens is 1. The number of benzene rings is 2. The zero-order chi connectivity index (χ0) is 22.8. The topological polar surface area (TPSA) is 46.7 Å². The van der Waals surface area contributed by atoms with Gasteiger partial charge < -0.3 is 4.90 Å². The van der Waals surface area contributed by atoms with Gasteiger partial charge in [-0.3, -0.25) is 18.6 Å². The maximum Gasteiger partial charge on any atom is 0.262 e. The lowest BCUT2D eigenvalue weighted by Gasteiger charge is -2.22. The predicted octanol–water partition coefficient (Wildman–Crippen LogP) is 6.01. The van der Waals surface area contributed by atoms with E-state index in [1.165, 1.54) is 11.3 Å². The number of fused-ring (bicyclic) bond motifs is 3. The Labute approximate surface area is 200 Å². The van der Waals surface area contributed by atoms with Crippen LogP contribution in [0.25, 0.3) is 27.0 Å². The number of hydrogen-bond donors (Lipinski definition) is 0. The van der Waals surface area contributed by atoms with Gasteiger partial charge in [-0.25, -0.2) is 0 Å². The van der Waals surface area contributed by atoms with Crippen LogP contribution in [-0.2, 0) is 11.3 Å². The van der Waals surface area contributed by atoms with Gasteiger partial charge in [0.1, 0.15) is 12.2 Å². The average Bonchev–Trinajstić information content (AvgIpc) is 3.13. The molecule has 0 atom stereocenters. The number of hydrogen-bond acceptors (Lipinski definition) is 4. The van der Waals surface area contributed by atoms with Crippen molar-refractivity contribution in [2.75, 3.05) is 13.1 Å². The minimum atomic E-state index is -0.196. The van der Waals surface area contributed by atoms with Crippen molar-refractivity contribution in [1.82, 2.24) is 13.9 Å². The molecule has 0 spiro atoms. The van der Waals surface area contributed by atoms with Crippen LogP contribution in [0.4, 0.5) is 0 Å². The van der Waals surface area contributed by atoms with E-state index >= 15 is 0 Å². The fourth-order valence-electron chi connectivity index (χ4n) is 4.01. The smallest absolute Gasteiger partial charge is 0.262 e. The molecule has 2 aromatic carbocycles. The molecule has 0 aliphatic heterocycles. The molecule has 1 amide bonds. The van der Waals surface area contributed by atoms with E-state index in [-0.39, 0.29) is 18.0 Å². The van der Waals surface area contributed by atoms with E-state index in [0.717, 1.165) is 28.8 Å². The van der Waals surface area contributed by atoms with Crippen LogP contribution < -0.4 is 5.56 Å². The first-order valence-corrected chi connectivity index (χ1v) is 12.3. The molecule has 0 aliphatic rings. The fourth-order valence-corrected chi connectivity index (χ4v) is 5.63. The van der Waals surface area contributed by atoms with Crippen molar-refractivity contribution in [3.8, 4) is 10.4 Å². The van der Waals surface area contributed by atoms with Crippen LogP contribution in [0.2, 0.25) is 5.02 Å². The molecular formula is C24H24ClN3O2S2. The molecule has 0 radical (unpaired) electrons. The Hall–Kier alpha value is -2.48. The number of rotatable bonds is 7. The lowest BCUT2D eigenvalue weighted by Crippen LogP contribution is -2.38. The normalized spacial score (nSPS) is 11.3. The van der Waals surface area contributed by atoms with Crippen LogP contribution in [0, 0.1) is 3.95 Å². The van der Waals surface area contributed by atoms with E-state index in [2.05, 4.69) is 0 Å². The van der Waals surface area contributed by atoms with E-state index in [4.69, 9.17) is 23.8 Å². The molecule has 0 aliphatic carbocycles. The number of aromatic nitrogens is 2. The highest BCUT2D eigenvalue weighted by molar-refractivity contribution is 7.73. The first kappa shape index (κ1) is 22.7. The number of thiazole rings is 1. The molecule has 0 saturated heterocycles. The molecule has 0 fully saturated rings. The van der Waals surface area contributed by atoms with Gasteiger partial charge in [-0.15, -0.1) is 11.3 Å². The van der Waals surface area contributed by atoms with Gasteiger partial charge in [-0.1, -0.05) is 49.7 Å². The predicted molar refractivity (Wildman–Crippen MR) is 135 cm³/mol. The monoisotopic (exact) mass is 485 g/mol. The van der Waals surface area contributed by atoms with Crippen molar-refractivity contribution in [2.45, 2.75) is 33.2 Å². The van der Waals surface area contributed by atoms with Crippen LogP contribution in [0.1, 0.15) is 26.7 Å². The summed E-state index contributed by atoms with van der Waals surface area (Å²) in [6.45, 7) is 5.40. The number of para-hydroxylation sites is 1. The summed E-state index contributed by atoms with van der Waals surface area (Å²) in [5.74, 6) is -0.0675. The Morgan fingerprint density at radius 3 is 2.50 bits per heavy atom. The molecule has 32 heavy (non-hydrogen) atoms. The van der Waals surface area contributed by atoms with Crippen LogP contribution >= 0.6 is 35.2 Å². The SMILES string of the molecule is CCCN(CCC)C(=O)Cn1c(=O)c2ccccc2n2c(=S)sc(-c3cccc(Cl)c3)c12. The number of amides is 1. The maximum absolute atomic E-state index is 13.6. The van der Waals surface area contributed by atoms with Crippen molar-refractivity contribution in [1.29, 1.82) is 0 Å². The highest BCUT2D eigenvalue weighted by atomic mass is 35.5. The zero-order valence-corrected chi connectivity index (χ0v) is 20.4. The van der Waals surface area contributed by atoms with Gasteiger partial charge in [-0.05, 0) is 54.9 Å². The highest BCUT2D eigenvalue weighted by Gasteiger charge is 2.21. The lowest BCUT2D eigenvalue weighted by atomic mass is 10.2. The molecule has 5 nitrogen and oxygen atoms in total. The average molecular weight is 486 g/mol. The zero-order valence-electron chi connectivity index (χ0n) is 18.0. The van der Waals surface area contributed by atoms with Crippen LogP contribution in [0.5, 0.6) is 0 Å². The first-order chi connectivity index (χ1) is 15.5. The van der Waals surface area contributed by atoms with Gasteiger partial charge in [0.25, 0.3) is 5.56 Å². The molecule has 2 aromatic heterocycles. The summed E-state index contributed by atoms with van der Waals surface area (Å²) in [6, 6.07) is 14.9. The van der Waals surface area contributed by atoms with Crippen molar-refractivity contribution in [3.63, 3.8) is 0 Å². The number of carbonyl (C=O) groups is 1. The standard InChI is InChI=1S/C24H24ClN3O2S2/c1-3-12-26(13-4-2)20(29)15-27-22-21(16-8-7-9-17(25)14-16)32-24(31)28(22)19-11-6-5-10-18(19)23(27)30/h5-11,14H,3-4,12-13,15H2,1-2H3. The number of carbonyl (C=O) groups excluding carboxylic acids is 1. The Bertz CT molecular complexity index is 1410. The molecule has 0 unspecified atom stereocenters. The quantitative estimate of drug-likeness (QED) is 0.301. The van der Waals surface area contributed by atoms with E-state index in [9.17, 15) is 9.59 Å². The molecule has 4 rings (SSSR count). The highest BCUT2D eigenvalue weighted by Crippen LogP contribution is 2.34. The summed E-state index contributed by atoms with van der Waals surface area (Å²) in [7, 11) is 0. The maximum atomic E-state index is 13.6. The van der Waals surface area contributed by atoms with Crippen molar-refractivity contribution >= 4 is 57.6 Å². The molecule has 8 heteroatoms. The largest absolute Gasteiger partial charge is 0.341 e. The third-order valence-electron chi connectivity index (χ3n) is 5.38. The Balaban J connectivity index is 2.02. The van der Waals surface area contributed by atoms with Gasteiger partial charge in [0.05, 0.1) is 15.8 Å². The van der Waals surface area contributed by atoms with Gasteiger partial charge >= 0.3 is 0 Å². The third-order valence-corrected chi connectivity index (χ3v) is 7.03. The molecule has 0 N–H and O–H groups in total. The fraction of sp³-hybridized carbons (Fsp3) is 0.292. The minimum Gasteiger partial charge on any atom is -0.341 e. The van der Waals surface area contributed by atoms with Crippen molar-refractivity contribution in [3.05, 3.63) is 67.9 Å². The number of nitrogens with zero attached hydrogens (tertiary/aromatic N) is 3.